The first kappa shape index (κ1) is 16.7. The maximum atomic E-state index is 11.9. The summed E-state index contributed by atoms with van der Waals surface area (Å²) in [6.07, 6.45) is 0.544. The quantitative estimate of drug-likeness (QED) is 0.842. The van der Waals surface area contributed by atoms with E-state index in [1.165, 1.54) is 6.07 Å². The van der Waals surface area contributed by atoms with Crippen LogP contribution >= 0.6 is 15.9 Å². The number of carbonyl (C=O) groups is 2. The van der Waals surface area contributed by atoms with Gasteiger partial charge in [0.2, 0.25) is 0 Å². The highest BCUT2D eigenvalue weighted by molar-refractivity contribution is 9.10. The van der Waals surface area contributed by atoms with Gasteiger partial charge in [-0.3, -0.25) is 0 Å². The monoisotopic (exact) mass is 342 g/mol. The molecule has 1 N–H and O–H groups in total. The van der Waals surface area contributed by atoms with Gasteiger partial charge in [0, 0.05) is 4.47 Å². The van der Waals surface area contributed by atoms with E-state index in [2.05, 4.69) is 15.9 Å². The summed E-state index contributed by atoms with van der Waals surface area (Å²) >= 11 is 3.37. The fourth-order valence-electron chi connectivity index (χ4n) is 1.95. The minimum atomic E-state index is -1.12. The van der Waals surface area contributed by atoms with Crippen LogP contribution in [0.2, 0.25) is 0 Å². The highest BCUT2D eigenvalue weighted by atomic mass is 79.9. The lowest BCUT2D eigenvalue weighted by Gasteiger charge is -2.21. The molecule has 0 aromatic heterocycles. The molecule has 0 saturated carbocycles. The molecule has 0 spiro atoms. The van der Waals surface area contributed by atoms with E-state index < -0.39 is 11.9 Å². The lowest BCUT2D eigenvalue weighted by Crippen LogP contribution is -2.18. The van der Waals surface area contributed by atoms with Crippen molar-refractivity contribution in [3.05, 3.63) is 33.3 Å². The maximum Gasteiger partial charge on any atom is 0.339 e. The third-order valence-electron chi connectivity index (χ3n) is 2.67. The van der Waals surface area contributed by atoms with Gasteiger partial charge in [0.1, 0.15) is 0 Å². The molecule has 0 aliphatic rings. The number of aromatic carboxylic acids is 1. The molecule has 1 rings (SSSR count). The Morgan fingerprint density at radius 1 is 1.30 bits per heavy atom. The Hall–Kier alpha value is -1.36. The van der Waals surface area contributed by atoms with Crippen LogP contribution in [0.25, 0.3) is 0 Å². The molecule has 0 radical (unpaired) electrons. The number of esters is 1. The van der Waals surface area contributed by atoms with E-state index in [9.17, 15) is 14.7 Å². The van der Waals surface area contributed by atoms with Crippen molar-refractivity contribution in [3.63, 3.8) is 0 Å². The van der Waals surface area contributed by atoms with Gasteiger partial charge in [0.05, 0.1) is 17.7 Å². The first-order valence-corrected chi connectivity index (χ1v) is 7.18. The number of halogens is 1. The van der Waals surface area contributed by atoms with Gasteiger partial charge in [-0.25, -0.2) is 9.59 Å². The van der Waals surface area contributed by atoms with Crippen molar-refractivity contribution in [3.8, 4) is 0 Å². The highest BCUT2D eigenvalue weighted by Crippen LogP contribution is 2.31. The summed E-state index contributed by atoms with van der Waals surface area (Å²) in [4.78, 5) is 23.5. The lowest BCUT2D eigenvalue weighted by molar-refractivity contribution is 0.0514. The third-order valence-corrected chi connectivity index (χ3v) is 3.42. The Bertz CT molecular complexity index is 529. The minimum Gasteiger partial charge on any atom is -0.478 e. The summed E-state index contributed by atoms with van der Waals surface area (Å²) in [7, 11) is 0. The number of hydrogen-bond donors (Lipinski definition) is 1. The molecule has 0 saturated heterocycles. The Labute approximate surface area is 127 Å². The Kier molecular flexibility index (Phi) is 5.34. The molecule has 0 unspecified atom stereocenters. The smallest absolute Gasteiger partial charge is 0.339 e. The number of carboxylic acids is 1. The minimum absolute atomic E-state index is 0.0211. The summed E-state index contributed by atoms with van der Waals surface area (Å²) in [6.45, 7) is 7.95. The van der Waals surface area contributed by atoms with Crippen molar-refractivity contribution in [2.24, 2.45) is 5.41 Å². The predicted octanol–water partition coefficient (Wildman–Crippen LogP) is 3.91. The second-order valence-electron chi connectivity index (χ2n) is 5.71. The molecule has 5 heteroatoms. The van der Waals surface area contributed by atoms with Gasteiger partial charge in [-0.05, 0) is 36.5 Å². The molecule has 20 heavy (non-hydrogen) atoms. The number of carbonyl (C=O) groups excluding carboxylic acids is 1. The van der Waals surface area contributed by atoms with Crippen molar-refractivity contribution in [1.29, 1.82) is 0 Å². The van der Waals surface area contributed by atoms with Gasteiger partial charge < -0.3 is 9.84 Å². The number of rotatable bonds is 4. The van der Waals surface area contributed by atoms with Gasteiger partial charge >= 0.3 is 11.9 Å². The molecule has 0 aliphatic heterocycles. The largest absolute Gasteiger partial charge is 0.478 e. The van der Waals surface area contributed by atoms with Gasteiger partial charge in [-0.2, -0.15) is 0 Å². The second kappa shape index (κ2) is 6.39. The van der Waals surface area contributed by atoms with Crippen molar-refractivity contribution in [2.45, 2.75) is 34.1 Å². The summed E-state index contributed by atoms with van der Waals surface area (Å²) in [5.41, 5.74) is 0.644. The summed E-state index contributed by atoms with van der Waals surface area (Å²) < 4.78 is 5.62. The molecule has 0 heterocycles. The molecule has 0 atom stereocenters. The van der Waals surface area contributed by atoms with Crippen LogP contribution in [0.4, 0.5) is 0 Å². The van der Waals surface area contributed by atoms with Crippen LogP contribution in [0.1, 0.15) is 54.0 Å². The van der Waals surface area contributed by atoms with Crippen molar-refractivity contribution >= 4 is 27.9 Å². The predicted molar refractivity (Wildman–Crippen MR) is 80.2 cm³/mol. The van der Waals surface area contributed by atoms with E-state index in [0.29, 0.717) is 16.5 Å². The molecule has 4 nitrogen and oxygen atoms in total. The van der Waals surface area contributed by atoms with Crippen molar-refractivity contribution in [2.75, 3.05) is 6.61 Å². The number of hydrogen-bond acceptors (Lipinski definition) is 3. The van der Waals surface area contributed by atoms with E-state index in [-0.39, 0.29) is 23.1 Å². The normalized spacial score (nSPS) is 11.2. The molecule has 1 aromatic rings. The van der Waals surface area contributed by atoms with Crippen LogP contribution in [0.3, 0.4) is 0 Å². The molecule has 0 bridgehead atoms. The lowest BCUT2D eigenvalue weighted by atomic mass is 9.85. The van der Waals surface area contributed by atoms with Gasteiger partial charge in [-0.15, -0.1) is 0 Å². The van der Waals surface area contributed by atoms with Crippen LogP contribution in [0.15, 0.2) is 16.6 Å². The van der Waals surface area contributed by atoms with Crippen LogP contribution in [0, 0.1) is 5.41 Å². The zero-order valence-electron chi connectivity index (χ0n) is 12.1. The van der Waals surface area contributed by atoms with E-state index in [4.69, 9.17) is 4.74 Å². The fraction of sp³-hybridized carbons (Fsp3) is 0.467. The Balaban J connectivity index is 3.45. The van der Waals surface area contributed by atoms with Crippen LogP contribution in [0.5, 0.6) is 0 Å². The van der Waals surface area contributed by atoms with Crippen LogP contribution in [-0.2, 0) is 11.2 Å². The van der Waals surface area contributed by atoms with E-state index in [1.54, 1.807) is 13.0 Å². The maximum absolute atomic E-state index is 11.9. The van der Waals surface area contributed by atoms with E-state index in [0.717, 1.165) is 0 Å². The fourth-order valence-corrected chi connectivity index (χ4v) is 2.42. The third kappa shape index (κ3) is 4.07. The topological polar surface area (TPSA) is 63.6 Å². The molecule has 1 aromatic carbocycles. The van der Waals surface area contributed by atoms with Crippen molar-refractivity contribution in [1.82, 2.24) is 0 Å². The van der Waals surface area contributed by atoms with Gasteiger partial charge in [0.25, 0.3) is 0 Å². The highest BCUT2D eigenvalue weighted by Gasteiger charge is 2.26. The van der Waals surface area contributed by atoms with E-state index >= 15 is 0 Å². The molecule has 110 valence electrons. The summed E-state index contributed by atoms with van der Waals surface area (Å²) in [6, 6.07) is 3.18. The molecule has 0 aliphatic carbocycles. The van der Waals surface area contributed by atoms with Gasteiger partial charge in [-0.1, -0.05) is 36.7 Å². The molecular weight excluding hydrogens is 324 g/mol. The second-order valence-corrected chi connectivity index (χ2v) is 6.57. The van der Waals surface area contributed by atoms with Gasteiger partial charge in [0.15, 0.2) is 0 Å². The molecule has 0 fully saturated rings. The Morgan fingerprint density at radius 3 is 2.35 bits per heavy atom. The summed E-state index contributed by atoms with van der Waals surface area (Å²) in [5.74, 6) is -1.72. The SMILES string of the molecule is CCOC(=O)c1ccc(Br)c(CC(C)(C)C)c1C(=O)O. The number of benzene rings is 1. The standard InChI is InChI=1S/C15H19BrO4/c1-5-20-14(19)9-6-7-11(16)10(8-15(2,3)4)12(9)13(17)18/h6-7H,5,8H2,1-4H3,(H,17,18). The molecule has 0 amide bonds. The van der Waals surface area contributed by atoms with Crippen molar-refractivity contribution < 1.29 is 19.4 Å². The first-order chi connectivity index (χ1) is 9.17. The first-order valence-electron chi connectivity index (χ1n) is 6.39. The zero-order chi connectivity index (χ0) is 15.5. The average molecular weight is 343 g/mol. The summed E-state index contributed by atoms with van der Waals surface area (Å²) in [5, 5.41) is 9.46. The van der Waals surface area contributed by atoms with Crippen LogP contribution < -0.4 is 0 Å². The number of ether oxygens (including phenoxy) is 1. The average Bonchev–Trinajstić information content (AvgIpc) is 2.29. The Morgan fingerprint density at radius 2 is 1.90 bits per heavy atom. The van der Waals surface area contributed by atoms with E-state index in [1.807, 2.05) is 20.8 Å². The zero-order valence-corrected chi connectivity index (χ0v) is 13.7. The van der Waals surface area contributed by atoms with Crippen LogP contribution in [-0.4, -0.2) is 23.7 Å². The molecular formula is C15H19BrO4. The number of carboxylic acid groups (broad SMARTS) is 1.